The predicted octanol–water partition coefficient (Wildman–Crippen LogP) is 3.29. The number of sulfone groups is 1. The zero-order chi connectivity index (χ0) is 22.5. The zero-order valence-electron chi connectivity index (χ0n) is 17.6. The minimum Gasteiger partial charge on any atom is -0.480 e. The number of carboxylic acid groups (broad SMARTS) is 1. The molecule has 3 aliphatic rings. The Balaban J connectivity index is 1.33. The number of aliphatic carboxylic acids is 1. The van der Waals surface area contributed by atoms with Crippen LogP contribution in [0.25, 0.3) is 11.1 Å². The third kappa shape index (κ3) is 3.56. The number of carboxylic acids is 1. The molecule has 0 aromatic heterocycles. The fourth-order valence-corrected chi connectivity index (χ4v) is 7.17. The van der Waals surface area contributed by atoms with Gasteiger partial charge in [0, 0.05) is 12.5 Å². The Hall–Kier alpha value is -2.87. The van der Waals surface area contributed by atoms with E-state index in [0.29, 0.717) is 12.8 Å². The van der Waals surface area contributed by atoms with Gasteiger partial charge in [0.25, 0.3) is 0 Å². The van der Waals surface area contributed by atoms with Gasteiger partial charge >= 0.3 is 12.1 Å². The summed E-state index contributed by atoms with van der Waals surface area (Å²) in [4.78, 5) is 26.2. The summed E-state index contributed by atoms with van der Waals surface area (Å²) in [5, 5.41) is 9.72. The number of fused-ring (bicyclic) bond motifs is 3. The molecule has 1 N–H and O–H groups in total. The highest BCUT2D eigenvalue weighted by molar-refractivity contribution is 7.91. The van der Waals surface area contributed by atoms with E-state index in [0.717, 1.165) is 22.3 Å². The van der Waals surface area contributed by atoms with E-state index in [-0.39, 0.29) is 37.0 Å². The Labute approximate surface area is 186 Å². The van der Waals surface area contributed by atoms with Gasteiger partial charge in [0.05, 0.1) is 11.5 Å². The molecule has 168 valence electrons. The number of carbonyl (C=O) groups is 2. The van der Waals surface area contributed by atoms with Crippen molar-refractivity contribution in [2.24, 2.45) is 5.41 Å². The molecule has 1 amide bonds. The van der Waals surface area contributed by atoms with Crippen LogP contribution in [0, 0.1) is 5.41 Å². The molecule has 2 heterocycles. The van der Waals surface area contributed by atoms with Crippen LogP contribution in [0.5, 0.6) is 0 Å². The lowest BCUT2D eigenvalue weighted by molar-refractivity contribution is -0.141. The van der Waals surface area contributed by atoms with Crippen molar-refractivity contribution >= 4 is 21.9 Å². The number of amides is 1. The molecule has 1 unspecified atom stereocenters. The van der Waals surface area contributed by atoms with E-state index in [4.69, 9.17) is 4.74 Å². The number of hydrogen-bond donors (Lipinski definition) is 1. The predicted molar refractivity (Wildman–Crippen MR) is 118 cm³/mol. The molecular formula is C24H25NO6S. The smallest absolute Gasteiger partial charge is 0.410 e. The van der Waals surface area contributed by atoms with Crippen molar-refractivity contribution in [1.29, 1.82) is 0 Å². The van der Waals surface area contributed by atoms with Crippen molar-refractivity contribution in [3.8, 4) is 11.1 Å². The van der Waals surface area contributed by atoms with Crippen molar-refractivity contribution in [2.75, 3.05) is 24.7 Å². The number of likely N-dealkylation sites (tertiary alicyclic amines) is 1. The Morgan fingerprint density at radius 3 is 2.12 bits per heavy atom. The third-order valence-corrected chi connectivity index (χ3v) is 8.90. The van der Waals surface area contributed by atoms with Gasteiger partial charge < -0.3 is 9.84 Å². The number of hydrogen-bond acceptors (Lipinski definition) is 5. The van der Waals surface area contributed by atoms with Crippen LogP contribution in [0.3, 0.4) is 0 Å². The van der Waals surface area contributed by atoms with Crippen LogP contribution in [0.1, 0.15) is 36.3 Å². The quantitative estimate of drug-likeness (QED) is 0.762. The maximum absolute atomic E-state index is 13.0. The van der Waals surface area contributed by atoms with Gasteiger partial charge in [-0.25, -0.2) is 18.0 Å². The summed E-state index contributed by atoms with van der Waals surface area (Å²) in [7, 11) is -3.08. The van der Waals surface area contributed by atoms with Gasteiger partial charge in [0.1, 0.15) is 22.5 Å². The minimum absolute atomic E-state index is 0.0396. The lowest BCUT2D eigenvalue weighted by Crippen LogP contribution is -2.42. The molecule has 0 saturated carbocycles. The van der Waals surface area contributed by atoms with E-state index >= 15 is 0 Å². The van der Waals surface area contributed by atoms with Gasteiger partial charge in [0.15, 0.2) is 0 Å². The Kier molecular flexibility index (Phi) is 5.00. The first-order valence-electron chi connectivity index (χ1n) is 10.8. The molecule has 1 atom stereocenters. The summed E-state index contributed by atoms with van der Waals surface area (Å²) in [6, 6.07) is 15.1. The number of carbonyl (C=O) groups excluding carboxylic acids is 1. The highest BCUT2D eigenvalue weighted by atomic mass is 32.2. The van der Waals surface area contributed by atoms with Crippen LogP contribution in [0.4, 0.5) is 4.79 Å². The summed E-state index contributed by atoms with van der Waals surface area (Å²) in [5.41, 5.74) is 3.95. The molecular weight excluding hydrogens is 430 g/mol. The normalized spacial score (nSPS) is 23.0. The molecule has 2 aromatic rings. The molecule has 32 heavy (non-hydrogen) atoms. The molecule has 2 aliphatic heterocycles. The van der Waals surface area contributed by atoms with Gasteiger partial charge in [-0.1, -0.05) is 48.5 Å². The molecule has 1 aliphatic carbocycles. The van der Waals surface area contributed by atoms with Crippen LogP contribution in [-0.4, -0.2) is 61.2 Å². The summed E-state index contributed by atoms with van der Waals surface area (Å²) in [6.45, 7) is 0.341. The first kappa shape index (κ1) is 21.0. The molecule has 0 radical (unpaired) electrons. The van der Waals surface area contributed by atoms with Crippen LogP contribution < -0.4 is 0 Å². The number of ether oxygens (including phenoxy) is 1. The topological polar surface area (TPSA) is 101 Å². The van der Waals surface area contributed by atoms with Crippen molar-refractivity contribution in [2.45, 2.75) is 31.2 Å². The second kappa shape index (κ2) is 7.62. The summed E-state index contributed by atoms with van der Waals surface area (Å²) < 4.78 is 29.4. The van der Waals surface area contributed by atoms with Gasteiger partial charge in [0.2, 0.25) is 0 Å². The average Bonchev–Trinajstić information content (AvgIpc) is 3.32. The third-order valence-electron chi connectivity index (χ3n) is 7.25. The molecule has 1 spiro atoms. The Morgan fingerprint density at radius 1 is 1.00 bits per heavy atom. The number of rotatable bonds is 3. The van der Waals surface area contributed by atoms with E-state index in [1.807, 2.05) is 36.4 Å². The minimum atomic E-state index is -3.08. The molecule has 2 saturated heterocycles. The van der Waals surface area contributed by atoms with Crippen molar-refractivity contribution in [1.82, 2.24) is 4.90 Å². The van der Waals surface area contributed by atoms with E-state index < -0.39 is 33.4 Å². The second-order valence-corrected chi connectivity index (χ2v) is 11.4. The highest BCUT2D eigenvalue weighted by Gasteiger charge is 2.51. The largest absolute Gasteiger partial charge is 0.480 e. The summed E-state index contributed by atoms with van der Waals surface area (Å²) >= 11 is 0. The van der Waals surface area contributed by atoms with Crippen LogP contribution in [-0.2, 0) is 19.4 Å². The molecule has 5 rings (SSSR count). The fourth-order valence-electron chi connectivity index (χ4n) is 5.48. The van der Waals surface area contributed by atoms with Gasteiger partial charge in [-0.3, -0.25) is 4.90 Å². The highest BCUT2D eigenvalue weighted by Crippen LogP contribution is 2.46. The zero-order valence-corrected chi connectivity index (χ0v) is 18.4. The average molecular weight is 456 g/mol. The number of nitrogens with zero attached hydrogens (tertiary/aromatic N) is 1. The second-order valence-electron chi connectivity index (χ2n) is 9.14. The van der Waals surface area contributed by atoms with Crippen molar-refractivity contribution in [3.63, 3.8) is 0 Å². The van der Waals surface area contributed by atoms with Crippen LogP contribution >= 0.6 is 0 Å². The first-order valence-corrected chi connectivity index (χ1v) is 12.7. The van der Waals surface area contributed by atoms with Crippen LogP contribution in [0.2, 0.25) is 0 Å². The van der Waals surface area contributed by atoms with E-state index in [1.54, 1.807) is 0 Å². The van der Waals surface area contributed by atoms with E-state index in [1.165, 1.54) is 4.90 Å². The maximum atomic E-state index is 13.0. The Morgan fingerprint density at radius 2 is 1.56 bits per heavy atom. The first-order chi connectivity index (χ1) is 15.3. The Bertz CT molecular complexity index is 1130. The number of benzene rings is 2. The van der Waals surface area contributed by atoms with E-state index in [2.05, 4.69) is 12.1 Å². The van der Waals surface area contributed by atoms with Crippen molar-refractivity contribution in [3.05, 3.63) is 59.7 Å². The molecule has 2 fully saturated rings. The molecule has 2 aromatic carbocycles. The molecule has 7 nitrogen and oxygen atoms in total. The monoisotopic (exact) mass is 455 g/mol. The van der Waals surface area contributed by atoms with Crippen molar-refractivity contribution < 1.29 is 27.9 Å². The lowest BCUT2D eigenvalue weighted by atomic mass is 9.80. The van der Waals surface area contributed by atoms with Crippen LogP contribution in [0.15, 0.2) is 48.5 Å². The van der Waals surface area contributed by atoms with Gasteiger partial charge in [-0.2, -0.15) is 0 Å². The lowest BCUT2D eigenvalue weighted by Gasteiger charge is -2.32. The fraction of sp³-hybridized carbons (Fsp3) is 0.417. The van der Waals surface area contributed by atoms with Gasteiger partial charge in [-0.15, -0.1) is 0 Å². The van der Waals surface area contributed by atoms with Gasteiger partial charge in [-0.05, 0) is 46.9 Å². The SMILES string of the molecule is O=C(O)C1CC2(CCS(=O)(=O)CC2)CN1C(=O)OCC1c2ccccc2-c2ccccc21. The summed E-state index contributed by atoms with van der Waals surface area (Å²) in [5.74, 6) is -1.11. The maximum Gasteiger partial charge on any atom is 0.410 e. The summed E-state index contributed by atoms with van der Waals surface area (Å²) in [6.07, 6.45) is 0.380. The molecule has 0 bridgehead atoms. The van der Waals surface area contributed by atoms with E-state index in [9.17, 15) is 23.1 Å². The standard InChI is InChI=1S/C24H25NO6S/c26-22(27)21-13-24(9-11-32(29,30)12-10-24)15-25(21)23(28)31-14-20-18-7-3-1-5-16(18)17-6-2-4-8-19(17)20/h1-8,20-21H,9-15H2,(H,26,27). The molecule has 8 heteroatoms.